The monoisotopic (exact) mass is 475 g/mol. The maximum absolute atomic E-state index is 12.8. The summed E-state index contributed by atoms with van der Waals surface area (Å²) in [6.07, 6.45) is 3.26. The van der Waals surface area contributed by atoms with E-state index in [-0.39, 0.29) is 18.0 Å². The molecule has 178 valence electrons. The van der Waals surface area contributed by atoms with Gasteiger partial charge in [0.25, 0.3) is 11.6 Å². The fraction of sp³-hybridized carbons (Fsp3) is 0.182. The summed E-state index contributed by atoms with van der Waals surface area (Å²) in [4.78, 5) is 27.4. The highest BCUT2D eigenvalue weighted by atomic mass is 19.3. The molecule has 0 atom stereocenters. The summed E-state index contributed by atoms with van der Waals surface area (Å²) < 4.78 is 45.5. The van der Waals surface area contributed by atoms with E-state index in [1.165, 1.54) is 19.2 Å². The molecule has 0 aliphatic rings. The van der Waals surface area contributed by atoms with Crippen LogP contribution in [0.2, 0.25) is 0 Å². The predicted molar refractivity (Wildman–Crippen MR) is 116 cm³/mol. The predicted octanol–water partition coefficient (Wildman–Crippen LogP) is 4.44. The molecule has 0 bridgehead atoms. The number of anilines is 1. The van der Waals surface area contributed by atoms with Crippen LogP contribution in [-0.4, -0.2) is 36.6 Å². The molecule has 2 aromatic carbocycles. The SMILES string of the molecule is COc1ccc(NC(=O)c2cc(OC)c(OC(F)F)cc2[N+](=O)[O-])cc1OCc1cccnc1. The van der Waals surface area contributed by atoms with Crippen molar-refractivity contribution in [2.75, 3.05) is 19.5 Å². The summed E-state index contributed by atoms with van der Waals surface area (Å²) in [6.45, 7) is -3.06. The van der Waals surface area contributed by atoms with Crippen molar-refractivity contribution in [2.24, 2.45) is 0 Å². The smallest absolute Gasteiger partial charge is 0.387 e. The van der Waals surface area contributed by atoms with Crippen LogP contribution in [0, 0.1) is 10.1 Å². The number of ether oxygens (including phenoxy) is 4. The second-order valence-electron chi connectivity index (χ2n) is 6.63. The van der Waals surface area contributed by atoms with Crippen molar-refractivity contribution in [1.82, 2.24) is 4.98 Å². The molecule has 1 N–H and O–H groups in total. The van der Waals surface area contributed by atoms with Gasteiger partial charge < -0.3 is 24.3 Å². The number of hydrogen-bond acceptors (Lipinski definition) is 8. The molecule has 0 fully saturated rings. The standard InChI is InChI=1S/C22H19F2N3O7/c1-31-17-6-5-14(8-19(17)33-12-13-4-3-7-25-11-13)26-21(28)15-9-18(32-2)20(34-22(23)24)10-16(15)27(29)30/h3-11,22H,12H2,1-2H3,(H,26,28). The van der Waals surface area contributed by atoms with Crippen LogP contribution < -0.4 is 24.3 Å². The number of halogens is 2. The lowest BCUT2D eigenvalue weighted by Gasteiger charge is -2.14. The minimum absolute atomic E-state index is 0.176. The van der Waals surface area contributed by atoms with Gasteiger partial charge in [-0.1, -0.05) is 6.07 Å². The minimum atomic E-state index is -3.24. The zero-order chi connectivity index (χ0) is 24.7. The van der Waals surface area contributed by atoms with E-state index in [1.807, 2.05) is 6.07 Å². The van der Waals surface area contributed by atoms with Gasteiger partial charge in [0.15, 0.2) is 23.0 Å². The van der Waals surface area contributed by atoms with Crippen molar-refractivity contribution in [3.8, 4) is 23.0 Å². The maximum atomic E-state index is 12.8. The van der Waals surface area contributed by atoms with Crippen LogP contribution in [0.3, 0.4) is 0 Å². The van der Waals surface area contributed by atoms with Gasteiger partial charge in [-0.05, 0) is 18.2 Å². The molecule has 12 heteroatoms. The van der Waals surface area contributed by atoms with Crippen LogP contribution in [0.4, 0.5) is 20.2 Å². The fourth-order valence-electron chi connectivity index (χ4n) is 2.94. The number of nitrogens with zero attached hydrogens (tertiary/aromatic N) is 2. The van der Waals surface area contributed by atoms with Crippen LogP contribution >= 0.6 is 0 Å². The summed E-state index contributed by atoms with van der Waals surface area (Å²) in [7, 11) is 2.60. The van der Waals surface area contributed by atoms with Gasteiger partial charge in [-0.3, -0.25) is 19.9 Å². The molecule has 0 radical (unpaired) electrons. The average Bonchev–Trinajstić information content (AvgIpc) is 2.82. The first-order valence-corrected chi connectivity index (χ1v) is 9.64. The molecule has 0 unspecified atom stereocenters. The summed E-state index contributed by atoms with van der Waals surface area (Å²) >= 11 is 0. The van der Waals surface area contributed by atoms with Gasteiger partial charge in [-0.2, -0.15) is 8.78 Å². The van der Waals surface area contributed by atoms with E-state index >= 15 is 0 Å². The molecular weight excluding hydrogens is 456 g/mol. The Kier molecular flexibility index (Phi) is 7.75. The van der Waals surface area contributed by atoms with Crippen LogP contribution in [0.25, 0.3) is 0 Å². The number of nitrogens with one attached hydrogen (secondary N) is 1. The summed E-state index contributed by atoms with van der Waals surface area (Å²) in [6, 6.07) is 9.76. The Labute approximate surface area is 192 Å². The van der Waals surface area contributed by atoms with Gasteiger partial charge >= 0.3 is 6.61 Å². The highest BCUT2D eigenvalue weighted by Gasteiger charge is 2.26. The fourth-order valence-corrected chi connectivity index (χ4v) is 2.94. The third-order valence-electron chi connectivity index (χ3n) is 4.48. The maximum Gasteiger partial charge on any atom is 0.387 e. The largest absolute Gasteiger partial charge is 0.493 e. The van der Waals surface area contributed by atoms with E-state index in [0.717, 1.165) is 18.7 Å². The van der Waals surface area contributed by atoms with E-state index in [1.54, 1.807) is 24.5 Å². The third-order valence-corrected chi connectivity index (χ3v) is 4.48. The highest BCUT2D eigenvalue weighted by molar-refractivity contribution is 6.07. The Morgan fingerprint density at radius 2 is 1.85 bits per heavy atom. The molecule has 0 spiro atoms. The molecule has 0 saturated carbocycles. The van der Waals surface area contributed by atoms with E-state index in [4.69, 9.17) is 14.2 Å². The van der Waals surface area contributed by atoms with Crippen molar-refractivity contribution < 1.29 is 37.4 Å². The normalized spacial score (nSPS) is 10.5. The molecule has 34 heavy (non-hydrogen) atoms. The number of alkyl halides is 2. The lowest BCUT2D eigenvalue weighted by molar-refractivity contribution is -0.385. The number of carbonyl (C=O) groups is 1. The average molecular weight is 475 g/mol. The Balaban J connectivity index is 1.87. The molecule has 3 rings (SSSR count). The van der Waals surface area contributed by atoms with Gasteiger partial charge in [0.1, 0.15) is 12.2 Å². The highest BCUT2D eigenvalue weighted by Crippen LogP contribution is 2.36. The summed E-state index contributed by atoms with van der Waals surface area (Å²) in [5.74, 6) is -1.03. The number of aromatic nitrogens is 1. The topological polar surface area (TPSA) is 122 Å². The van der Waals surface area contributed by atoms with Gasteiger partial charge in [-0.25, -0.2) is 0 Å². The zero-order valence-corrected chi connectivity index (χ0v) is 18.0. The van der Waals surface area contributed by atoms with E-state index < -0.39 is 34.4 Å². The number of nitro groups is 1. The van der Waals surface area contributed by atoms with Crippen molar-refractivity contribution in [3.63, 3.8) is 0 Å². The number of hydrogen-bond donors (Lipinski definition) is 1. The molecule has 0 aliphatic heterocycles. The number of pyridine rings is 1. The van der Waals surface area contributed by atoms with Gasteiger partial charge in [-0.15, -0.1) is 0 Å². The number of rotatable bonds is 10. The molecule has 1 heterocycles. The Morgan fingerprint density at radius 1 is 1.09 bits per heavy atom. The van der Waals surface area contributed by atoms with Gasteiger partial charge in [0.05, 0.1) is 25.2 Å². The molecular formula is C22H19F2N3O7. The second kappa shape index (κ2) is 10.9. The molecule has 0 aliphatic carbocycles. The van der Waals surface area contributed by atoms with Gasteiger partial charge in [0, 0.05) is 35.8 Å². The van der Waals surface area contributed by atoms with Crippen LogP contribution in [0.5, 0.6) is 23.0 Å². The summed E-state index contributed by atoms with van der Waals surface area (Å²) in [5.41, 5.74) is -0.117. The number of benzene rings is 2. The van der Waals surface area contributed by atoms with Crippen molar-refractivity contribution in [3.05, 3.63) is 76.1 Å². The molecule has 0 saturated heterocycles. The van der Waals surface area contributed by atoms with Gasteiger partial charge in [0.2, 0.25) is 0 Å². The lowest BCUT2D eigenvalue weighted by atomic mass is 10.1. The Bertz CT molecular complexity index is 1180. The first-order chi connectivity index (χ1) is 16.3. The van der Waals surface area contributed by atoms with Crippen molar-refractivity contribution in [2.45, 2.75) is 13.2 Å². The van der Waals surface area contributed by atoms with E-state index in [0.29, 0.717) is 17.6 Å². The number of nitro benzene ring substituents is 1. The van der Waals surface area contributed by atoms with Crippen molar-refractivity contribution >= 4 is 17.3 Å². The first-order valence-electron chi connectivity index (χ1n) is 9.64. The molecule has 1 amide bonds. The Hall–Kier alpha value is -4.48. The summed E-state index contributed by atoms with van der Waals surface area (Å²) in [5, 5.41) is 14.0. The minimum Gasteiger partial charge on any atom is -0.493 e. The molecule has 3 aromatic rings. The van der Waals surface area contributed by atoms with E-state index in [2.05, 4.69) is 15.0 Å². The number of carbonyl (C=O) groups excluding carboxylic acids is 1. The van der Waals surface area contributed by atoms with Crippen LogP contribution in [0.15, 0.2) is 54.9 Å². The van der Waals surface area contributed by atoms with Crippen LogP contribution in [-0.2, 0) is 6.61 Å². The lowest BCUT2D eigenvalue weighted by Crippen LogP contribution is -2.15. The Morgan fingerprint density at radius 3 is 2.47 bits per heavy atom. The molecule has 10 nitrogen and oxygen atoms in total. The molecule has 1 aromatic heterocycles. The zero-order valence-electron chi connectivity index (χ0n) is 18.0. The number of methoxy groups -OCH3 is 2. The number of amides is 1. The second-order valence-corrected chi connectivity index (χ2v) is 6.63. The first kappa shape index (κ1) is 24.2. The third kappa shape index (κ3) is 5.85. The quantitative estimate of drug-likeness (QED) is 0.337. The van der Waals surface area contributed by atoms with E-state index in [9.17, 15) is 23.7 Å². The van der Waals surface area contributed by atoms with Crippen molar-refractivity contribution in [1.29, 1.82) is 0 Å². The van der Waals surface area contributed by atoms with Crippen LogP contribution in [0.1, 0.15) is 15.9 Å².